The molecule has 0 amide bonds. The lowest BCUT2D eigenvalue weighted by molar-refractivity contribution is -0.114. The van der Waals surface area contributed by atoms with Gasteiger partial charge in [0.05, 0.1) is 6.04 Å². The van der Waals surface area contributed by atoms with Crippen molar-refractivity contribution in [2.24, 2.45) is 5.92 Å². The fourth-order valence-corrected chi connectivity index (χ4v) is 2.57. The van der Waals surface area contributed by atoms with Gasteiger partial charge in [-0.15, -0.1) is 0 Å². The van der Waals surface area contributed by atoms with Crippen molar-refractivity contribution in [3.05, 3.63) is 71.8 Å². The number of carbonyl (C=O) groups excluding carboxylic acids is 1. The Hall–Kier alpha value is -1.93. The molecule has 0 aromatic heterocycles. The van der Waals surface area contributed by atoms with Crippen molar-refractivity contribution in [3.8, 4) is 0 Å². The van der Waals surface area contributed by atoms with Gasteiger partial charge in [-0.25, -0.2) is 0 Å². The molecule has 0 saturated carbocycles. The van der Waals surface area contributed by atoms with Crippen LogP contribution >= 0.6 is 0 Å². The van der Waals surface area contributed by atoms with E-state index in [1.54, 1.807) is 0 Å². The van der Waals surface area contributed by atoms with Gasteiger partial charge in [0.1, 0.15) is 6.29 Å². The molecular formula is C19H23NO. The van der Waals surface area contributed by atoms with Crippen LogP contribution in [0.15, 0.2) is 60.7 Å². The highest BCUT2D eigenvalue weighted by Gasteiger charge is 2.21. The molecule has 2 nitrogen and oxygen atoms in total. The molecule has 2 aromatic carbocycles. The maximum Gasteiger partial charge on any atom is 0.137 e. The lowest BCUT2D eigenvalue weighted by atomic mass is 10.0. The van der Waals surface area contributed by atoms with Crippen LogP contribution in [0.2, 0.25) is 0 Å². The van der Waals surface area contributed by atoms with Crippen LogP contribution in [0.5, 0.6) is 0 Å². The van der Waals surface area contributed by atoms with Crippen LogP contribution < -0.4 is 0 Å². The Morgan fingerprint density at radius 2 is 1.29 bits per heavy atom. The van der Waals surface area contributed by atoms with Crippen LogP contribution in [0, 0.1) is 5.92 Å². The lowest BCUT2D eigenvalue weighted by Crippen LogP contribution is -2.39. The molecule has 0 N–H and O–H groups in total. The van der Waals surface area contributed by atoms with E-state index in [4.69, 9.17) is 0 Å². The summed E-state index contributed by atoms with van der Waals surface area (Å²) in [5, 5.41) is 0. The van der Waals surface area contributed by atoms with E-state index in [9.17, 15) is 4.79 Å². The van der Waals surface area contributed by atoms with E-state index in [0.29, 0.717) is 5.92 Å². The minimum absolute atomic E-state index is 0.0644. The fourth-order valence-electron chi connectivity index (χ4n) is 2.57. The fraction of sp³-hybridized carbons (Fsp3) is 0.316. The summed E-state index contributed by atoms with van der Waals surface area (Å²) in [6.45, 7) is 5.78. The van der Waals surface area contributed by atoms with Crippen LogP contribution in [0.1, 0.15) is 25.0 Å². The Labute approximate surface area is 127 Å². The van der Waals surface area contributed by atoms with Crippen LogP contribution in [0.3, 0.4) is 0 Å². The van der Waals surface area contributed by atoms with E-state index in [1.165, 1.54) is 11.1 Å². The van der Waals surface area contributed by atoms with Gasteiger partial charge in [-0.1, -0.05) is 74.5 Å². The number of hydrogen-bond donors (Lipinski definition) is 0. The summed E-state index contributed by atoms with van der Waals surface area (Å²) >= 11 is 0. The highest BCUT2D eigenvalue weighted by molar-refractivity contribution is 5.58. The monoisotopic (exact) mass is 281 g/mol. The van der Waals surface area contributed by atoms with Crippen LogP contribution in [0.25, 0.3) is 0 Å². The Kier molecular flexibility index (Phi) is 5.70. The average Bonchev–Trinajstić information content (AvgIpc) is 2.49. The van der Waals surface area contributed by atoms with Crippen molar-refractivity contribution in [1.29, 1.82) is 0 Å². The number of nitrogens with zero attached hydrogens (tertiary/aromatic N) is 1. The number of rotatable bonds is 7. The number of hydrogen-bond acceptors (Lipinski definition) is 2. The molecule has 0 unspecified atom stereocenters. The van der Waals surface area contributed by atoms with Gasteiger partial charge in [-0.3, -0.25) is 4.90 Å². The zero-order valence-corrected chi connectivity index (χ0v) is 12.8. The topological polar surface area (TPSA) is 20.3 Å². The van der Waals surface area contributed by atoms with Crippen LogP contribution in [0.4, 0.5) is 0 Å². The van der Waals surface area contributed by atoms with Crippen molar-refractivity contribution < 1.29 is 4.79 Å². The number of carbonyl (C=O) groups is 1. The molecule has 0 aliphatic carbocycles. The molecule has 0 aliphatic heterocycles. The quantitative estimate of drug-likeness (QED) is 0.717. The molecule has 0 saturated heterocycles. The van der Waals surface area contributed by atoms with Crippen molar-refractivity contribution >= 4 is 6.29 Å². The third-order valence-electron chi connectivity index (χ3n) is 3.70. The van der Waals surface area contributed by atoms with Gasteiger partial charge in [0, 0.05) is 13.1 Å². The first-order valence-corrected chi connectivity index (χ1v) is 7.48. The smallest absolute Gasteiger partial charge is 0.137 e. The molecule has 0 fully saturated rings. The third-order valence-corrected chi connectivity index (χ3v) is 3.70. The van der Waals surface area contributed by atoms with E-state index < -0.39 is 0 Å². The molecule has 0 heterocycles. The molecule has 21 heavy (non-hydrogen) atoms. The van der Waals surface area contributed by atoms with Crippen molar-refractivity contribution in [2.45, 2.75) is 33.0 Å². The predicted octanol–water partition coefficient (Wildman–Crippen LogP) is 3.91. The minimum Gasteiger partial charge on any atom is -0.302 e. The molecular weight excluding hydrogens is 258 g/mol. The van der Waals surface area contributed by atoms with Crippen molar-refractivity contribution in [2.75, 3.05) is 0 Å². The predicted molar refractivity (Wildman–Crippen MR) is 86.8 cm³/mol. The third kappa shape index (κ3) is 4.54. The Balaban J connectivity index is 2.19. The second-order valence-electron chi connectivity index (χ2n) is 5.75. The van der Waals surface area contributed by atoms with E-state index >= 15 is 0 Å². The van der Waals surface area contributed by atoms with Gasteiger partial charge in [0.25, 0.3) is 0 Å². The zero-order valence-electron chi connectivity index (χ0n) is 12.8. The first kappa shape index (κ1) is 15.5. The maximum absolute atomic E-state index is 11.5. The van der Waals surface area contributed by atoms with Gasteiger partial charge in [0.15, 0.2) is 0 Å². The van der Waals surface area contributed by atoms with Gasteiger partial charge in [0.2, 0.25) is 0 Å². The second kappa shape index (κ2) is 7.75. The minimum atomic E-state index is -0.0644. The highest BCUT2D eigenvalue weighted by Crippen LogP contribution is 2.17. The SMILES string of the molecule is CC(C)[C@H](C=O)N(Cc1ccccc1)Cc1ccccc1. The van der Waals surface area contributed by atoms with Gasteiger partial charge in [-0.2, -0.15) is 0 Å². The average molecular weight is 281 g/mol. The molecule has 0 aliphatic rings. The summed E-state index contributed by atoms with van der Waals surface area (Å²) in [7, 11) is 0. The maximum atomic E-state index is 11.5. The van der Waals surface area contributed by atoms with Gasteiger partial charge >= 0.3 is 0 Å². The number of benzene rings is 2. The molecule has 2 aromatic rings. The van der Waals surface area contributed by atoms with Gasteiger partial charge < -0.3 is 4.79 Å². The van der Waals surface area contributed by atoms with Crippen molar-refractivity contribution in [3.63, 3.8) is 0 Å². The Morgan fingerprint density at radius 1 is 0.857 bits per heavy atom. The standard InChI is InChI=1S/C19H23NO/c1-16(2)19(15-21)20(13-17-9-5-3-6-10-17)14-18-11-7-4-8-12-18/h3-12,15-16,19H,13-14H2,1-2H3/t19-/m0/s1. The Morgan fingerprint density at radius 3 is 1.62 bits per heavy atom. The highest BCUT2D eigenvalue weighted by atomic mass is 16.1. The summed E-state index contributed by atoms with van der Waals surface area (Å²) in [6, 6.07) is 20.6. The first-order valence-electron chi connectivity index (χ1n) is 7.48. The lowest BCUT2D eigenvalue weighted by Gasteiger charge is -2.30. The molecule has 1 atom stereocenters. The van der Waals surface area contributed by atoms with E-state index in [2.05, 4.69) is 43.0 Å². The second-order valence-corrected chi connectivity index (χ2v) is 5.75. The summed E-state index contributed by atoms with van der Waals surface area (Å²) in [5.74, 6) is 0.301. The zero-order chi connectivity index (χ0) is 15.1. The van der Waals surface area contributed by atoms with E-state index in [-0.39, 0.29) is 6.04 Å². The normalized spacial score (nSPS) is 12.6. The Bertz CT molecular complexity index is 495. The number of aldehydes is 1. The molecule has 110 valence electrons. The first-order chi connectivity index (χ1) is 10.2. The largest absolute Gasteiger partial charge is 0.302 e. The molecule has 0 spiro atoms. The molecule has 2 rings (SSSR count). The summed E-state index contributed by atoms with van der Waals surface area (Å²) in [6.07, 6.45) is 1.08. The molecule has 2 heteroatoms. The van der Waals surface area contributed by atoms with E-state index in [1.807, 2.05) is 36.4 Å². The van der Waals surface area contributed by atoms with Crippen LogP contribution in [-0.4, -0.2) is 17.2 Å². The van der Waals surface area contributed by atoms with E-state index in [0.717, 1.165) is 19.4 Å². The summed E-state index contributed by atoms with van der Waals surface area (Å²) in [4.78, 5) is 13.8. The van der Waals surface area contributed by atoms with Crippen LogP contribution in [-0.2, 0) is 17.9 Å². The van der Waals surface area contributed by atoms with Crippen molar-refractivity contribution in [1.82, 2.24) is 4.90 Å². The molecule has 0 radical (unpaired) electrons. The molecule has 0 bridgehead atoms. The summed E-state index contributed by atoms with van der Waals surface area (Å²) in [5.41, 5.74) is 2.47. The summed E-state index contributed by atoms with van der Waals surface area (Å²) < 4.78 is 0. The van der Waals surface area contributed by atoms with Gasteiger partial charge in [-0.05, 0) is 17.0 Å².